The quantitative estimate of drug-likeness (QED) is 0.681. The van der Waals surface area contributed by atoms with E-state index in [2.05, 4.69) is 0 Å². The maximum atomic E-state index is 13.3. The van der Waals surface area contributed by atoms with Gasteiger partial charge in [-0.3, -0.25) is 9.59 Å². The van der Waals surface area contributed by atoms with E-state index < -0.39 is 0 Å². The molecule has 0 bridgehead atoms. The van der Waals surface area contributed by atoms with Gasteiger partial charge in [-0.2, -0.15) is 0 Å². The zero-order valence-electron chi connectivity index (χ0n) is 17.0. The van der Waals surface area contributed by atoms with E-state index in [0.717, 1.165) is 22.6 Å². The van der Waals surface area contributed by atoms with Crippen LogP contribution in [0.15, 0.2) is 40.8 Å². The highest BCUT2D eigenvalue weighted by Gasteiger charge is 2.27. The third-order valence-corrected chi connectivity index (χ3v) is 5.42. The number of carbonyl (C=O) groups excluding carboxylic acids is 2. The average molecular weight is 395 g/mol. The fourth-order valence-electron chi connectivity index (χ4n) is 3.85. The Morgan fingerprint density at radius 3 is 2.48 bits per heavy atom. The Balaban J connectivity index is 1.65. The molecule has 0 aliphatic carbocycles. The highest BCUT2D eigenvalue weighted by atomic mass is 16.5. The number of fused-ring (bicyclic) bond motifs is 1. The normalized spacial score (nSPS) is 14.4. The summed E-state index contributed by atoms with van der Waals surface area (Å²) < 4.78 is 13.1. The summed E-state index contributed by atoms with van der Waals surface area (Å²) in [6.45, 7) is 6.19. The molecule has 3 heterocycles. The van der Waals surface area contributed by atoms with E-state index in [-0.39, 0.29) is 11.8 Å². The van der Waals surface area contributed by atoms with Crippen LogP contribution in [0, 0.1) is 6.92 Å². The van der Waals surface area contributed by atoms with Crippen LogP contribution < -0.4 is 4.74 Å². The molecule has 1 saturated heterocycles. The molecule has 2 amide bonds. The minimum absolute atomic E-state index is 0.0415. The van der Waals surface area contributed by atoms with E-state index in [0.29, 0.717) is 44.0 Å². The molecule has 3 aromatic rings. The Kier molecular flexibility index (Phi) is 5.05. The molecule has 0 saturated carbocycles. The number of hydrogen-bond donors (Lipinski definition) is 0. The van der Waals surface area contributed by atoms with Gasteiger partial charge >= 0.3 is 0 Å². The molecule has 0 unspecified atom stereocenters. The molecule has 1 fully saturated rings. The maximum Gasteiger partial charge on any atom is 0.270 e. The van der Waals surface area contributed by atoms with Crippen LogP contribution in [-0.4, -0.2) is 59.5 Å². The molecule has 152 valence electrons. The van der Waals surface area contributed by atoms with Crippen LogP contribution >= 0.6 is 0 Å². The average Bonchev–Trinajstić information content (AvgIpc) is 3.24. The van der Waals surface area contributed by atoms with Crippen molar-refractivity contribution in [2.24, 2.45) is 0 Å². The number of amides is 2. The molecule has 1 aromatic carbocycles. The third kappa shape index (κ3) is 3.72. The zero-order chi connectivity index (χ0) is 20.5. The minimum atomic E-state index is -0.0415. The second kappa shape index (κ2) is 7.66. The molecule has 0 spiro atoms. The van der Waals surface area contributed by atoms with Gasteiger partial charge < -0.3 is 23.5 Å². The van der Waals surface area contributed by atoms with Crippen molar-refractivity contribution in [3.8, 4) is 5.75 Å². The van der Waals surface area contributed by atoms with Gasteiger partial charge in [-0.25, -0.2) is 0 Å². The van der Waals surface area contributed by atoms with Gasteiger partial charge in [-0.15, -0.1) is 0 Å². The van der Waals surface area contributed by atoms with Crippen molar-refractivity contribution in [1.82, 2.24) is 14.4 Å². The predicted molar refractivity (Wildman–Crippen MR) is 109 cm³/mol. The van der Waals surface area contributed by atoms with E-state index in [1.54, 1.807) is 18.9 Å². The number of piperazine rings is 1. The summed E-state index contributed by atoms with van der Waals surface area (Å²) >= 11 is 0. The van der Waals surface area contributed by atoms with Crippen LogP contribution in [0.3, 0.4) is 0 Å². The fraction of sp³-hybridized carbons (Fsp3) is 0.364. The van der Waals surface area contributed by atoms with Crippen molar-refractivity contribution in [3.05, 3.63) is 53.4 Å². The molecular weight excluding hydrogens is 370 g/mol. The van der Waals surface area contributed by atoms with Gasteiger partial charge in [0.2, 0.25) is 5.91 Å². The Hall–Kier alpha value is -3.22. The summed E-state index contributed by atoms with van der Waals surface area (Å²) in [5, 5.41) is 0. The molecule has 1 aliphatic rings. The molecule has 1 aliphatic heterocycles. The number of hydrogen-bond acceptors (Lipinski definition) is 4. The Labute approximate surface area is 169 Å². The van der Waals surface area contributed by atoms with Crippen molar-refractivity contribution in [1.29, 1.82) is 0 Å². The molecule has 0 atom stereocenters. The summed E-state index contributed by atoms with van der Waals surface area (Å²) in [4.78, 5) is 28.4. The SMILES string of the molecule is COc1cccc(Cn2c(C(=O)N3CCN(C(C)=O)CC3)cc3oc(C)cc32)c1. The Morgan fingerprint density at radius 2 is 1.79 bits per heavy atom. The van der Waals surface area contributed by atoms with Crippen molar-refractivity contribution in [3.63, 3.8) is 0 Å². The Morgan fingerprint density at radius 1 is 1.07 bits per heavy atom. The zero-order valence-corrected chi connectivity index (χ0v) is 17.0. The number of aryl methyl sites for hydroxylation is 1. The smallest absolute Gasteiger partial charge is 0.270 e. The van der Waals surface area contributed by atoms with Crippen molar-refractivity contribution in [2.45, 2.75) is 20.4 Å². The summed E-state index contributed by atoms with van der Waals surface area (Å²) in [6, 6.07) is 11.6. The van der Waals surface area contributed by atoms with Gasteiger partial charge in [0.1, 0.15) is 17.2 Å². The van der Waals surface area contributed by atoms with Gasteiger partial charge in [-0.1, -0.05) is 12.1 Å². The van der Waals surface area contributed by atoms with Crippen LogP contribution in [-0.2, 0) is 11.3 Å². The third-order valence-electron chi connectivity index (χ3n) is 5.42. The predicted octanol–water partition coefficient (Wildman–Crippen LogP) is 2.90. The summed E-state index contributed by atoms with van der Waals surface area (Å²) in [7, 11) is 1.64. The van der Waals surface area contributed by atoms with Gasteiger partial charge in [0.25, 0.3) is 5.91 Å². The molecule has 2 aromatic heterocycles. The first-order valence-electron chi connectivity index (χ1n) is 9.73. The molecule has 7 heteroatoms. The van der Waals surface area contributed by atoms with Crippen LogP contribution in [0.5, 0.6) is 5.75 Å². The molecule has 0 N–H and O–H groups in total. The van der Waals surface area contributed by atoms with E-state index in [1.807, 2.05) is 52.8 Å². The van der Waals surface area contributed by atoms with E-state index in [4.69, 9.17) is 9.15 Å². The minimum Gasteiger partial charge on any atom is -0.497 e. The molecule has 0 radical (unpaired) electrons. The lowest BCUT2D eigenvalue weighted by atomic mass is 10.2. The highest BCUT2D eigenvalue weighted by Crippen LogP contribution is 2.27. The number of benzene rings is 1. The standard InChI is InChI=1S/C22H25N3O4/c1-15-11-19-21(29-15)13-20(22(27)24-9-7-23(8-10-24)16(2)26)25(19)14-17-5-4-6-18(12-17)28-3/h4-6,11-13H,7-10,14H2,1-3H3. The van der Waals surface area contributed by atoms with E-state index >= 15 is 0 Å². The fourth-order valence-corrected chi connectivity index (χ4v) is 3.85. The molecule has 7 nitrogen and oxygen atoms in total. The summed E-state index contributed by atoms with van der Waals surface area (Å²) in [6.07, 6.45) is 0. The van der Waals surface area contributed by atoms with E-state index in [1.165, 1.54) is 0 Å². The lowest BCUT2D eigenvalue weighted by Gasteiger charge is -2.34. The maximum absolute atomic E-state index is 13.3. The topological polar surface area (TPSA) is 67.9 Å². The number of furan rings is 1. The number of carbonyl (C=O) groups is 2. The largest absolute Gasteiger partial charge is 0.497 e. The second-order valence-electron chi connectivity index (χ2n) is 7.37. The van der Waals surface area contributed by atoms with E-state index in [9.17, 15) is 9.59 Å². The van der Waals surface area contributed by atoms with Gasteiger partial charge in [-0.05, 0) is 24.6 Å². The van der Waals surface area contributed by atoms with Crippen LogP contribution in [0.4, 0.5) is 0 Å². The summed E-state index contributed by atoms with van der Waals surface area (Å²) in [5.74, 6) is 1.60. The molecule has 29 heavy (non-hydrogen) atoms. The van der Waals surface area contributed by atoms with Crippen LogP contribution in [0.25, 0.3) is 11.1 Å². The lowest BCUT2D eigenvalue weighted by molar-refractivity contribution is -0.130. The van der Waals surface area contributed by atoms with Gasteiger partial charge in [0.05, 0.1) is 12.6 Å². The molecular formula is C22H25N3O4. The van der Waals surface area contributed by atoms with Crippen LogP contribution in [0.1, 0.15) is 28.7 Å². The number of aromatic nitrogens is 1. The highest BCUT2D eigenvalue weighted by molar-refractivity contribution is 5.98. The summed E-state index contributed by atoms with van der Waals surface area (Å²) in [5.41, 5.74) is 3.24. The van der Waals surface area contributed by atoms with Crippen molar-refractivity contribution in [2.75, 3.05) is 33.3 Å². The van der Waals surface area contributed by atoms with Gasteiger partial charge in [0.15, 0.2) is 5.58 Å². The molecule has 4 rings (SSSR count). The second-order valence-corrected chi connectivity index (χ2v) is 7.37. The number of ether oxygens (including phenoxy) is 1. The monoisotopic (exact) mass is 395 g/mol. The lowest BCUT2D eigenvalue weighted by Crippen LogP contribution is -2.50. The first-order chi connectivity index (χ1) is 14.0. The van der Waals surface area contributed by atoms with Crippen LogP contribution in [0.2, 0.25) is 0 Å². The van der Waals surface area contributed by atoms with Crippen molar-refractivity contribution >= 4 is 22.9 Å². The number of rotatable bonds is 4. The first kappa shape index (κ1) is 19.1. The van der Waals surface area contributed by atoms with Gasteiger partial charge in [0, 0.05) is 51.8 Å². The number of nitrogens with zero attached hydrogens (tertiary/aromatic N) is 3. The Bertz CT molecular complexity index is 1060. The number of methoxy groups -OCH3 is 1. The first-order valence-corrected chi connectivity index (χ1v) is 9.73. The van der Waals surface area contributed by atoms with Crippen molar-refractivity contribution < 1.29 is 18.7 Å².